The van der Waals surface area contributed by atoms with Crippen molar-refractivity contribution in [3.63, 3.8) is 0 Å². The van der Waals surface area contributed by atoms with Gasteiger partial charge in [-0.1, -0.05) is 0 Å². The first kappa shape index (κ1) is 11.4. The summed E-state index contributed by atoms with van der Waals surface area (Å²) in [5, 5.41) is 10.1. The second-order valence-electron chi connectivity index (χ2n) is 2.11. The van der Waals surface area contributed by atoms with E-state index in [1.54, 1.807) is 0 Å². The molecule has 0 rings (SSSR count). The van der Waals surface area contributed by atoms with Crippen LogP contribution >= 0.6 is 0 Å². The number of hydrogen-bond donors (Lipinski definition) is 2. The van der Waals surface area contributed by atoms with Crippen LogP contribution in [0.1, 0.15) is 6.42 Å². The van der Waals surface area contributed by atoms with Gasteiger partial charge in [0, 0.05) is 0 Å². The molecule has 1 unspecified atom stereocenters. The van der Waals surface area contributed by atoms with Gasteiger partial charge in [-0.25, -0.2) is 0 Å². The van der Waals surface area contributed by atoms with Crippen LogP contribution in [-0.2, 0) is 10.1 Å². The van der Waals surface area contributed by atoms with Crippen LogP contribution in [0.2, 0.25) is 10.4 Å². The summed E-state index contributed by atoms with van der Waals surface area (Å²) in [6, 6.07) is 0. The van der Waals surface area contributed by atoms with E-state index in [2.05, 4.69) is 0 Å². The maximum absolute atomic E-state index is 10.2. The second-order valence-corrected chi connectivity index (χ2v) is 6.83. The Morgan fingerprint density at radius 2 is 1.91 bits per heavy atom. The molecule has 1 atom stereocenters. The van der Waals surface area contributed by atoms with E-state index in [-0.39, 0.29) is 28.1 Å². The Morgan fingerprint density at radius 1 is 1.27 bits per heavy atom. The zero-order chi connectivity index (χ0) is 8.74. The average Bonchev–Trinajstić information content (AvgIpc) is 1.85. The SMILES string of the molecule is O=S(=O)(O)CCC[AsH]CCO. The van der Waals surface area contributed by atoms with E-state index in [1.807, 2.05) is 0 Å². The van der Waals surface area contributed by atoms with Gasteiger partial charge in [-0.3, -0.25) is 0 Å². The van der Waals surface area contributed by atoms with Crippen LogP contribution in [0.15, 0.2) is 0 Å². The van der Waals surface area contributed by atoms with Crippen LogP contribution in [0.5, 0.6) is 0 Å². The van der Waals surface area contributed by atoms with Gasteiger partial charge in [0.1, 0.15) is 0 Å². The molecule has 0 heterocycles. The van der Waals surface area contributed by atoms with Gasteiger partial charge in [-0.15, -0.1) is 0 Å². The van der Waals surface area contributed by atoms with Gasteiger partial charge >= 0.3 is 73.1 Å². The van der Waals surface area contributed by atoms with Crippen LogP contribution in [0.25, 0.3) is 0 Å². The molecule has 0 aromatic carbocycles. The van der Waals surface area contributed by atoms with Gasteiger partial charge in [-0.05, 0) is 0 Å². The van der Waals surface area contributed by atoms with E-state index in [9.17, 15) is 8.42 Å². The summed E-state index contributed by atoms with van der Waals surface area (Å²) < 4.78 is 28.7. The van der Waals surface area contributed by atoms with Gasteiger partial charge < -0.3 is 0 Å². The number of aliphatic hydroxyl groups excluding tert-OH is 1. The van der Waals surface area contributed by atoms with Crippen molar-refractivity contribution in [1.29, 1.82) is 0 Å². The first-order valence-corrected chi connectivity index (χ1v) is 7.90. The van der Waals surface area contributed by atoms with E-state index in [1.165, 1.54) is 0 Å². The van der Waals surface area contributed by atoms with Crippen molar-refractivity contribution in [2.75, 3.05) is 12.4 Å². The quantitative estimate of drug-likeness (QED) is 0.376. The molecule has 6 heteroatoms. The predicted molar refractivity (Wildman–Crippen MR) is 44.9 cm³/mol. The first-order chi connectivity index (χ1) is 5.06. The van der Waals surface area contributed by atoms with Gasteiger partial charge in [0.2, 0.25) is 0 Å². The zero-order valence-electron chi connectivity index (χ0n) is 6.15. The number of rotatable bonds is 6. The average molecular weight is 244 g/mol. The van der Waals surface area contributed by atoms with E-state index >= 15 is 0 Å². The van der Waals surface area contributed by atoms with E-state index in [0.29, 0.717) is 6.42 Å². The Bertz CT molecular complexity index is 177. The van der Waals surface area contributed by atoms with Crippen molar-refractivity contribution >= 4 is 25.9 Å². The summed E-state index contributed by atoms with van der Waals surface area (Å²) in [4.78, 5) is 0. The summed E-state index contributed by atoms with van der Waals surface area (Å²) in [5.41, 5.74) is 0. The molecule has 0 bridgehead atoms. The molecule has 0 aliphatic carbocycles. The number of aliphatic hydroxyl groups is 1. The van der Waals surface area contributed by atoms with Crippen molar-refractivity contribution in [2.24, 2.45) is 0 Å². The van der Waals surface area contributed by atoms with Crippen molar-refractivity contribution in [1.82, 2.24) is 0 Å². The normalized spacial score (nSPS) is 12.9. The molecule has 0 fully saturated rings. The third-order valence-corrected chi connectivity index (χ3v) is 4.54. The molecule has 2 N–H and O–H groups in total. The Balaban J connectivity index is 3.16. The minimum absolute atomic E-state index is 0.137. The molecule has 4 nitrogen and oxygen atoms in total. The molecule has 68 valence electrons. The van der Waals surface area contributed by atoms with Crippen LogP contribution in [-0.4, -0.2) is 46.2 Å². The Kier molecular flexibility index (Phi) is 6.24. The summed E-state index contributed by atoms with van der Waals surface area (Å²) >= 11 is -0.174. The van der Waals surface area contributed by atoms with E-state index in [0.717, 1.165) is 10.4 Å². The fourth-order valence-electron chi connectivity index (χ4n) is 0.584. The molecular formula is C5H13AsO4S. The summed E-state index contributed by atoms with van der Waals surface area (Å²) in [7, 11) is -3.75. The van der Waals surface area contributed by atoms with E-state index in [4.69, 9.17) is 9.66 Å². The fourth-order valence-corrected chi connectivity index (χ4v) is 3.38. The number of hydrogen-bond acceptors (Lipinski definition) is 3. The minimum atomic E-state index is -3.75. The summed E-state index contributed by atoms with van der Waals surface area (Å²) in [5.74, 6) is -0.137. The van der Waals surface area contributed by atoms with Crippen molar-refractivity contribution in [2.45, 2.75) is 16.8 Å². The molecule has 0 aromatic rings. The molecule has 0 amide bonds. The van der Waals surface area contributed by atoms with Crippen molar-refractivity contribution in [3.8, 4) is 0 Å². The molecule has 0 saturated heterocycles. The molecule has 0 radical (unpaired) electrons. The third-order valence-electron chi connectivity index (χ3n) is 1.04. The summed E-state index contributed by atoms with van der Waals surface area (Å²) in [6.45, 7) is 0.200. The molecule has 11 heavy (non-hydrogen) atoms. The van der Waals surface area contributed by atoms with Crippen LogP contribution < -0.4 is 0 Å². The van der Waals surface area contributed by atoms with Gasteiger partial charge in [0.05, 0.1) is 0 Å². The van der Waals surface area contributed by atoms with Crippen LogP contribution in [0, 0.1) is 0 Å². The molecule has 0 aliphatic heterocycles. The van der Waals surface area contributed by atoms with Crippen LogP contribution in [0.4, 0.5) is 0 Å². The molecule has 0 aliphatic rings. The molecule has 0 saturated carbocycles. The van der Waals surface area contributed by atoms with Crippen molar-refractivity contribution in [3.05, 3.63) is 0 Å². The van der Waals surface area contributed by atoms with Crippen molar-refractivity contribution < 1.29 is 18.1 Å². The Labute approximate surface area is 73.4 Å². The van der Waals surface area contributed by atoms with Gasteiger partial charge in [-0.2, -0.15) is 0 Å². The third kappa shape index (κ3) is 10.4. The monoisotopic (exact) mass is 244 g/mol. The summed E-state index contributed by atoms with van der Waals surface area (Å²) in [6.07, 6.45) is 0.527. The molecule has 0 spiro atoms. The standard InChI is InChI=1S/C5H13AsO4S/c7-4-3-6-2-1-5-11(8,9)10/h6-7H,1-5H2,(H,8,9,10). The van der Waals surface area contributed by atoms with Gasteiger partial charge in [0.25, 0.3) is 0 Å². The predicted octanol–water partition coefficient (Wildman–Crippen LogP) is -0.470. The molecular weight excluding hydrogens is 231 g/mol. The topological polar surface area (TPSA) is 74.6 Å². The van der Waals surface area contributed by atoms with E-state index < -0.39 is 10.1 Å². The fraction of sp³-hybridized carbons (Fsp3) is 1.00. The second kappa shape index (κ2) is 6.00. The maximum atomic E-state index is 10.2. The van der Waals surface area contributed by atoms with Crippen LogP contribution in [0.3, 0.4) is 0 Å². The first-order valence-electron chi connectivity index (χ1n) is 3.33. The van der Waals surface area contributed by atoms with Gasteiger partial charge in [0.15, 0.2) is 0 Å². The Hall–Kier alpha value is 0.428. The Morgan fingerprint density at radius 3 is 2.36 bits per heavy atom. The zero-order valence-corrected chi connectivity index (χ0v) is 9.07. The molecule has 0 aromatic heterocycles.